The van der Waals surface area contributed by atoms with Crippen LogP contribution in [0.3, 0.4) is 0 Å². The molecule has 1 aliphatic rings. The molecule has 0 heterocycles. The molecule has 1 aromatic rings. The molecule has 1 atom stereocenters. The molecule has 0 spiro atoms. The molecule has 3 N–H and O–H groups in total. The summed E-state index contributed by atoms with van der Waals surface area (Å²) in [6.45, 7) is 0.218. The van der Waals surface area contributed by atoms with Gasteiger partial charge in [-0.05, 0) is 37.0 Å². The van der Waals surface area contributed by atoms with E-state index in [4.69, 9.17) is 28.9 Å². The predicted octanol–water partition coefficient (Wildman–Crippen LogP) is 2.43. The molecule has 1 fully saturated rings. The molecule has 4 nitrogen and oxygen atoms in total. The largest absolute Gasteiger partial charge is 0.326 e. The van der Waals surface area contributed by atoms with Gasteiger partial charge in [0.1, 0.15) is 4.90 Å². The van der Waals surface area contributed by atoms with Crippen LogP contribution in [-0.4, -0.2) is 21.0 Å². The van der Waals surface area contributed by atoms with E-state index < -0.39 is 10.0 Å². The number of hydrogen-bond acceptors (Lipinski definition) is 3. The van der Waals surface area contributed by atoms with E-state index in [1.54, 1.807) is 6.07 Å². The second-order valence-corrected chi connectivity index (χ2v) is 7.01. The Kier molecular flexibility index (Phi) is 5.92. The van der Waals surface area contributed by atoms with E-state index in [9.17, 15) is 8.42 Å². The van der Waals surface area contributed by atoms with Crippen LogP contribution in [0.2, 0.25) is 10.0 Å². The summed E-state index contributed by atoms with van der Waals surface area (Å²) in [4.78, 5) is -0.0142. The third-order valence-electron chi connectivity index (χ3n) is 2.92. The highest BCUT2D eigenvalue weighted by Crippen LogP contribution is 2.31. The highest BCUT2D eigenvalue weighted by atomic mass is 35.5. The first kappa shape index (κ1) is 17.0. The lowest BCUT2D eigenvalue weighted by atomic mass is 10.2. The Morgan fingerprint density at radius 1 is 1.37 bits per heavy atom. The van der Waals surface area contributed by atoms with E-state index in [-0.39, 0.29) is 34.9 Å². The van der Waals surface area contributed by atoms with Gasteiger partial charge in [-0.25, -0.2) is 13.1 Å². The van der Waals surface area contributed by atoms with Crippen molar-refractivity contribution in [2.24, 2.45) is 11.7 Å². The maximum absolute atomic E-state index is 12.0. The van der Waals surface area contributed by atoms with Crippen molar-refractivity contribution in [3.05, 3.63) is 28.2 Å². The van der Waals surface area contributed by atoms with Gasteiger partial charge in [0.25, 0.3) is 0 Å². The fourth-order valence-corrected chi connectivity index (χ4v) is 3.49. The van der Waals surface area contributed by atoms with Gasteiger partial charge in [0.2, 0.25) is 10.0 Å². The number of benzene rings is 1. The van der Waals surface area contributed by atoms with Crippen LogP contribution < -0.4 is 10.5 Å². The fraction of sp³-hybridized carbons (Fsp3) is 0.455. The van der Waals surface area contributed by atoms with Crippen molar-refractivity contribution in [1.29, 1.82) is 0 Å². The first-order valence-electron chi connectivity index (χ1n) is 5.60. The Balaban J connectivity index is 0.00000180. The number of nitrogens with two attached hydrogens (primary N) is 1. The summed E-state index contributed by atoms with van der Waals surface area (Å²) >= 11 is 11.6. The van der Waals surface area contributed by atoms with E-state index in [2.05, 4.69) is 4.72 Å². The van der Waals surface area contributed by atoms with Crippen molar-refractivity contribution in [3.8, 4) is 0 Å². The fourth-order valence-electron chi connectivity index (χ4n) is 1.66. The molecule has 0 bridgehead atoms. The second kappa shape index (κ2) is 6.61. The average molecular weight is 346 g/mol. The third kappa shape index (κ3) is 4.48. The third-order valence-corrected chi connectivity index (χ3v) is 5.06. The average Bonchev–Trinajstić information content (AvgIpc) is 3.13. The van der Waals surface area contributed by atoms with E-state index in [1.165, 1.54) is 12.1 Å². The highest BCUT2D eigenvalue weighted by Gasteiger charge is 2.29. The molecule has 0 aliphatic heterocycles. The van der Waals surface area contributed by atoms with E-state index in [0.717, 1.165) is 12.8 Å². The maximum Gasteiger partial charge on any atom is 0.242 e. The summed E-state index contributed by atoms with van der Waals surface area (Å²) in [6, 6.07) is 4.19. The van der Waals surface area contributed by atoms with Gasteiger partial charge in [-0.1, -0.05) is 23.2 Å². The zero-order valence-corrected chi connectivity index (χ0v) is 13.1. The Labute approximate surface area is 129 Å². The van der Waals surface area contributed by atoms with E-state index >= 15 is 0 Å². The number of nitrogens with one attached hydrogen (secondary N) is 1. The van der Waals surface area contributed by atoms with Crippen LogP contribution in [0.5, 0.6) is 0 Å². The molecule has 1 aromatic carbocycles. The summed E-state index contributed by atoms with van der Waals surface area (Å²) in [5.74, 6) is 0.433. The van der Waals surface area contributed by atoms with Gasteiger partial charge in [-0.2, -0.15) is 0 Å². The Hall–Kier alpha value is -0.0400. The topological polar surface area (TPSA) is 72.2 Å². The first-order valence-corrected chi connectivity index (χ1v) is 7.84. The molecule has 2 rings (SSSR count). The molecule has 1 aliphatic carbocycles. The number of rotatable bonds is 5. The second-order valence-electron chi connectivity index (χ2n) is 4.43. The van der Waals surface area contributed by atoms with Crippen molar-refractivity contribution in [2.75, 3.05) is 6.54 Å². The Morgan fingerprint density at radius 3 is 2.58 bits per heavy atom. The normalized spacial score (nSPS) is 16.8. The van der Waals surface area contributed by atoms with Gasteiger partial charge in [0.05, 0.1) is 5.02 Å². The van der Waals surface area contributed by atoms with Crippen molar-refractivity contribution in [3.63, 3.8) is 0 Å². The smallest absolute Gasteiger partial charge is 0.242 e. The summed E-state index contributed by atoms with van der Waals surface area (Å²) < 4.78 is 26.6. The van der Waals surface area contributed by atoms with Crippen LogP contribution in [0, 0.1) is 5.92 Å². The van der Waals surface area contributed by atoms with Gasteiger partial charge in [-0.3, -0.25) is 0 Å². The minimum atomic E-state index is -3.66. The monoisotopic (exact) mass is 344 g/mol. The van der Waals surface area contributed by atoms with Crippen LogP contribution in [0.25, 0.3) is 0 Å². The van der Waals surface area contributed by atoms with Gasteiger partial charge < -0.3 is 5.73 Å². The van der Waals surface area contributed by atoms with Crippen molar-refractivity contribution in [1.82, 2.24) is 4.72 Å². The zero-order valence-electron chi connectivity index (χ0n) is 9.97. The predicted molar refractivity (Wildman–Crippen MR) is 79.6 cm³/mol. The summed E-state index contributed by atoms with van der Waals surface area (Å²) in [5.41, 5.74) is 5.85. The molecule has 0 saturated heterocycles. The van der Waals surface area contributed by atoms with Crippen LogP contribution in [-0.2, 0) is 10.0 Å². The SMILES string of the molecule is Cl.NC(CNS(=O)(=O)c1cc(Cl)ccc1Cl)C1CC1. The van der Waals surface area contributed by atoms with Crippen molar-refractivity contribution >= 4 is 45.6 Å². The molecule has 19 heavy (non-hydrogen) atoms. The summed E-state index contributed by atoms with van der Waals surface area (Å²) in [7, 11) is -3.66. The minimum Gasteiger partial charge on any atom is -0.326 e. The van der Waals surface area contributed by atoms with Crippen LogP contribution in [0.4, 0.5) is 0 Å². The van der Waals surface area contributed by atoms with Gasteiger partial charge >= 0.3 is 0 Å². The standard InChI is InChI=1S/C11H14Cl2N2O2S.ClH/c12-8-3-4-9(13)11(5-8)18(16,17)15-6-10(14)7-1-2-7;/h3-5,7,10,15H,1-2,6,14H2;1H. The summed E-state index contributed by atoms with van der Waals surface area (Å²) in [5, 5.41) is 0.471. The van der Waals surface area contributed by atoms with Crippen molar-refractivity contribution < 1.29 is 8.42 Å². The lowest BCUT2D eigenvalue weighted by molar-refractivity contribution is 0.548. The molecule has 0 amide bonds. The lowest BCUT2D eigenvalue weighted by Gasteiger charge is -2.13. The molecule has 1 saturated carbocycles. The molecule has 1 unspecified atom stereocenters. The number of sulfonamides is 1. The van der Waals surface area contributed by atoms with Crippen molar-refractivity contribution in [2.45, 2.75) is 23.8 Å². The van der Waals surface area contributed by atoms with Crippen LogP contribution in [0.15, 0.2) is 23.1 Å². The number of halogens is 3. The molecule has 8 heteroatoms. The Morgan fingerprint density at radius 2 is 2.00 bits per heavy atom. The first-order chi connectivity index (χ1) is 8.40. The number of hydrogen-bond donors (Lipinski definition) is 2. The van der Waals surface area contributed by atoms with Crippen LogP contribution in [0.1, 0.15) is 12.8 Å². The van der Waals surface area contributed by atoms with E-state index in [0.29, 0.717) is 10.9 Å². The highest BCUT2D eigenvalue weighted by molar-refractivity contribution is 7.89. The quantitative estimate of drug-likeness (QED) is 0.861. The van der Waals surface area contributed by atoms with E-state index in [1.807, 2.05) is 0 Å². The zero-order chi connectivity index (χ0) is 13.3. The molecule has 0 radical (unpaired) electrons. The molecule has 0 aromatic heterocycles. The van der Waals surface area contributed by atoms with Gasteiger partial charge in [0.15, 0.2) is 0 Å². The lowest BCUT2D eigenvalue weighted by Crippen LogP contribution is -2.38. The minimum absolute atomic E-state index is 0. The molecule has 108 valence electrons. The van der Waals surface area contributed by atoms with Gasteiger partial charge in [-0.15, -0.1) is 12.4 Å². The maximum atomic E-state index is 12.0. The summed E-state index contributed by atoms with van der Waals surface area (Å²) in [6.07, 6.45) is 2.14. The van der Waals surface area contributed by atoms with Crippen LogP contribution >= 0.6 is 35.6 Å². The molecular formula is C11H15Cl3N2O2S. The molecular weight excluding hydrogens is 331 g/mol. The Bertz CT molecular complexity index is 547. The van der Waals surface area contributed by atoms with Gasteiger partial charge in [0, 0.05) is 17.6 Å².